The summed E-state index contributed by atoms with van der Waals surface area (Å²) in [7, 11) is 0. The van der Waals surface area contributed by atoms with Gasteiger partial charge in [0.15, 0.2) is 0 Å². The Morgan fingerprint density at radius 2 is 1.86 bits per heavy atom. The van der Waals surface area contributed by atoms with E-state index < -0.39 is 0 Å². The van der Waals surface area contributed by atoms with Crippen LogP contribution in [0.25, 0.3) is 5.69 Å². The summed E-state index contributed by atoms with van der Waals surface area (Å²) < 4.78 is 1.78. The second-order valence-corrected chi connectivity index (χ2v) is 7.27. The number of hydrogen-bond donors (Lipinski definition) is 1. The molecule has 2 aromatic carbocycles. The van der Waals surface area contributed by atoms with E-state index in [0.29, 0.717) is 19.6 Å². The van der Waals surface area contributed by atoms with Crippen molar-refractivity contribution in [2.45, 2.75) is 19.4 Å². The number of rotatable bonds is 7. The third-order valence-electron chi connectivity index (χ3n) is 5.29. The van der Waals surface area contributed by atoms with E-state index in [1.54, 1.807) is 15.8 Å². The maximum Gasteiger partial charge on any atom is 0.225 e. The number of nitrogens with one attached hydrogen (secondary N) is 1. The number of hydrogen-bond acceptors (Lipinski definition) is 3. The highest BCUT2D eigenvalue weighted by molar-refractivity contribution is 5.89. The molecule has 2 amide bonds. The van der Waals surface area contributed by atoms with Crippen LogP contribution in [0.15, 0.2) is 73.1 Å². The minimum atomic E-state index is -0.296. The second-order valence-electron chi connectivity index (χ2n) is 7.27. The average molecular weight is 388 g/mol. The molecule has 0 bridgehead atoms. The monoisotopic (exact) mass is 388 g/mol. The average Bonchev–Trinajstić information content (AvgIpc) is 3.41. The van der Waals surface area contributed by atoms with Crippen molar-refractivity contribution >= 4 is 11.8 Å². The Bertz CT molecular complexity index is 970. The van der Waals surface area contributed by atoms with Gasteiger partial charge in [-0.05, 0) is 29.7 Å². The first kappa shape index (κ1) is 18.9. The van der Waals surface area contributed by atoms with Crippen LogP contribution in [-0.2, 0) is 22.6 Å². The lowest BCUT2D eigenvalue weighted by Gasteiger charge is -2.17. The van der Waals surface area contributed by atoms with Gasteiger partial charge >= 0.3 is 0 Å². The van der Waals surface area contributed by atoms with E-state index in [4.69, 9.17) is 0 Å². The summed E-state index contributed by atoms with van der Waals surface area (Å²) in [5, 5.41) is 7.27. The number of carbonyl (C=O) groups excluding carboxylic acids is 2. The normalized spacial score (nSPS) is 16.2. The van der Waals surface area contributed by atoms with E-state index in [0.717, 1.165) is 17.7 Å². The Labute approximate surface area is 170 Å². The SMILES string of the molecule is O=C(NCc1ccccc1-n1cccn1)C1CC(=O)N(CCc2ccccc2)C1. The summed E-state index contributed by atoms with van der Waals surface area (Å²) in [5.74, 6) is -0.316. The molecule has 1 aliphatic heterocycles. The zero-order valence-corrected chi connectivity index (χ0v) is 16.2. The van der Waals surface area contributed by atoms with Gasteiger partial charge in [-0.1, -0.05) is 48.5 Å². The van der Waals surface area contributed by atoms with Crippen LogP contribution in [0.2, 0.25) is 0 Å². The van der Waals surface area contributed by atoms with Crippen LogP contribution in [0.3, 0.4) is 0 Å². The molecule has 1 fully saturated rings. The van der Waals surface area contributed by atoms with Crippen molar-refractivity contribution in [3.8, 4) is 5.69 Å². The molecular weight excluding hydrogens is 364 g/mol. The minimum Gasteiger partial charge on any atom is -0.352 e. The van der Waals surface area contributed by atoms with Crippen molar-refractivity contribution in [3.05, 3.63) is 84.2 Å². The Kier molecular flexibility index (Phi) is 5.70. The van der Waals surface area contributed by atoms with Gasteiger partial charge in [0.1, 0.15) is 0 Å². The maximum absolute atomic E-state index is 12.7. The van der Waals surface area contributed by atoms with Crippen LogP contribution in [-0.4, -0.2) is 39.6 Å². The molecule has 1 atom stereocenters. The van der Waals surface area contributed by atoms with E-state index in [9.17, 15) is 9.59 Å². The largest absolute Gasteiger partial charge is 0.352 e. The number of nitrogens with zero attached hydrogens (tertiary/aromatic N) is 3. The van der Waals surface area contributed by atoms with Gasteiger partial charge in [-0.3, -0.25) is 9.59 Å². The topological polar surface area (TPSA) is 67.2 Å². The summed E-state index contributed by atoms with van der Waals surface area (Å²) in [6, 6.07) is 19.8. The number of likely N-dealkylation sites (tertiary alicyclic amines) is 1. The van der Waals surface area contributed by atoms with Crippen LogP contribution in [0.1, 0.15) is 17.5 Å². The van der Waals surface area contributed by atoms with Gasteiger partial charge in [-0.25, -0.2) is 4.68 Å². The lowest BCUT2D eigenvalue weighted by Crippen LogP contribution is -2.33. The lowest BCUT2D eigenvalue weighted by molar-refractivity contribution is -0.129. The van der Waals surface area contributed by atoms with E-state index in [-0.39, 0.29) is 24.2 Å². The molecule has 2 heterocycles. The highest BCUT2D eigenvalue weighted by Crippen LogP contribution is 2.19. The predicted octanol–water partition coefficient (Wildman–Crippen LogP) is 2.58. The summed E-state index contributed by atoms with van der Waals surface area (Å²) in [4.78, 5) is 26.8. The zero-order valence-electron chi connectivity index (χ0n) is 16.2. The van der Waals surface area contributed by atoms with Crippen LogP contribution in [0, 0.1) is 5.92 Å². The van der Waals surface area contributed by atoms with Crippen molar-refractivity contribution < 1.29 is 9.59 Å². The standard InChI is InChI=1S/C23H24N4O2/c28-22-15-20(17-26(22)14-11-18-7-2-1-3-8-18)23(29)24-16-19-9-4-5-10-21(19)27-13-6-12-25-27/h1-10,12-13,20H,11,14-17H2,(H,24,29). The molecule has 0 radical (unpaired) electrons. The first-order chi connectivity index (χ1) is 14.2. The smallest absolute Gasteiger partial charge is 0.225 e. The molecule has 0 spiro atoms. The van der Waals surface area contributed by atoms with Crippen molar-refractivity contribution in [2.75, 3.05) is 13.1 Å². The maximum atomic E-state index is 12.7. The molecule has 0 aliphatic carbocycles. The molecule has 1 aromatic heterocycles. The van der Waals surface area contributed by atoms with Crippen molar-refractivity contribution in [1.29, 1.82) is 0 Å². The molecule has 29 heavy (non-hydrogen) atoms. The highest BCUT2D eigenvalue weighted by atomic mass is 16.2. The van der Waals surface area contributed by atoms with E-state index in [2.05, 4.69) is 22.5 Å². The third-order valence-corrected chi connectivity index (χ3v) is 5.29. The summed E-state index contributed by atoms with van der Waals surface area (Å²) in [6.07, 6.45) is 4.68. The fraction of sp³-hybridized carbons (Fsp3) is 0.261. The van der Waals surface area contributed by atoms with Crippen LogP contribution in [0.5, 0.6) is 0 Å². The molecule has 148 valence electrons. The first-order valence-electron chi connectivity index (χ1n) is 9.88. The molecule has 4 rings (SSSR count). The first-order valence-corrected chi connectivity index (χ1v) is 9.88. The molecule has 1 aliphatic rings. The number of benzene rings is 2. The third kappa shape index (κ3) is 4.54. The van der Waals surface area contributed by atoms with Crippen molar-refractivity contribution in [3.63, 3.8) is 0 Å². The number of amides is 2. The van der Waals surface area contributed by atoms with Crippen LogP contribution >= 0.6 is 0 Å². The molecule has 0 saturated carbocycles. The second kappa shape index (κ2) is 8.73. The van der Waals surface area contributed by atoms with E-state index in [1.165, 1.54) is 5.56 Å². The van der Waals surface area contributed by atoms with Crippen LogP contribution < -0.4 is 5.32 Å². The Hall–Kier alpha value is -3.41. The Morgan fingerprint density at radius 3 is 2.66 bits per heavy atom. The van der Waals surface area contributed by atoms with Gasteiger partial charge in [0.25, 0.3) is 0 Å². The van der Waals surface area contributed by atoms with E-state index >= 15 is 0 Å². The van der Waals surface area contributed by atoms with Crippen molar-refractivity contribution in [2.24, 2.45) is 5.92 Å². The molecular formula is C23H24N4O2. The zero-order chi connectivity index (χ0) is 20.1. The molecule has 6 nitrogen and oxygen atoms in total. The lowest BCUT2D eigenvalue weighted by atomic mass is 10.1. The molecule has 1 unspecified atom stereocenters. The van der Waals surface area contributed by atoms with Gasteiger partial charge in [-0.15, -0.1) is 0 Å². The van der Waals surface area contributed by atoms with Gasteiger partial charge in [-0.2, -0.15) is 5.10 Å². The minimum absolute atomic E-state index is 0.0537. The number of carbonyl (C=O) groups is 2. The highest BCUT2D eigenvalue weighted by Gasteiger charge is 2.33. The van der Waals surface area contributed by atoms with Crippen LogP contribution in [0.4, 0.5) is 0 Å². The fourth-order valence-electron chi connectivity index (χ4n) is 3.69. The fourth-order valence-corrected chi connectivity index (χ4v) is 3.69. The van der Waals surface area contributed by atoms with Gasteiger partial charge in [0, 0.05) is 38.4 Å². The molecule has 1 N–H and O–H groups in total. The summed E-state index contributed by atoms with van der Waals surface area (Å²) >= 11 is 0. The van der Waals surface area contributed by atoms with E-state index in [1.807, 2.05) is 54.7 Å². The van der Waals surface area contributed by atoms with Gasteiger partial charge < -0.3 is 10.2 Å². The Balaban J connectivity index is 1.32. The van der Waals surface area contributed by atoms with Gasteiger partial charge in [0.2, 0.25) is 11.8 Å². The van der Waals surface area contributed by atoms with Gasteiger partial charge in [0.05, 0.1) is 11.6 Å². The quantitative estimate of drug-likeness (QED) is 0.677. The Morgan fingerprint density at radius 1 is 1.07 bits per heavy atom. The molecule has 1 saturated heterocycles. The van der Waals surface area contributed by atoms with Crippen molar-refractivity contribution in [1.82, 2.24) is 20.0 Å². The molecule has 3 aromatic rings. The number of aromatic nitrogens is 2. The number of para-hydroxylation sites is 1. The summed E-state index contributed by atoms with van der Waals surface area (Å²) in [6.45, 7) is 1.54. The summed E-state index contributed by atoms with van der Waals surface area (Å²) in [5.41, 5.74) is 3.11. The molecule has 6 heteroatoms. The predicted molar refractivity (Wildman–Crippen MR) is 110 cm³/mol.